The van der Waals surface area contributed by atoms with Crippen molar-refractivity contribution in [1.82, 2.24) is 9.80 Å². The minimum atomic E-state index is 0.235. The lowest BCUT2D eigenvalue weighted by Crippen LogP contribution is -2.51. The molecule has 0 aromatic rings. The van der Waals surface area contributed by atoms with Crippen molar-refractivity contribution in [2.45, 2.75) is 38.6 Å². The van der Waals surface area contributed by atoms with Crippen LogP contribution in [0.25, 0.3) is 0 Å². The highest BCUT2D eigenvalue weighted by Crippen LogP contribution is 2.18. The molecule has 1 atom stereocenters. The molecule has 0 aliphatic carbocycles. The van der Waals surface area contributed by atoms with Crippen molar-refractivity contribution in [3.8, 4) is 0 Å². The molecule has 4 heteroatoms. The standard InChI is InChI=1S/C12H23N3O/c1-10-3-2-6-15(9-10)12(16)14-7-4-11(13)5-8-14/h10-11H,2-9,13H2,1H3/t10-/m1/s1. The van der Waals surface area contributed by atoms with Crippen LogP contribution in [0.4, 0.5) is 4.79 Å². The van der Waals surface area contributed by atoms with Gasteiger partial charge >= 0.3 is 6.03 Å². The van der Waals surface area contributed by atoms with Gasteiger partial charge in [0.25, 0.3) is 0 Å². The fraction of sp³-hybridized carbons (Fsp3) is 0.917. The molecular formula is C12H23N3O. The summed E-state index contributed by atoms with van der Waals surface area (Å²) in [5, 5.41) is 0. The minimum Gasteiger partial charge on any atom is -0.328 e. The highest BCUT2D eigenvalue weighted by atomic mass is 16.2. The Kier molecular flexibility index (Phi) is 3.69. The van der Waals surface area contributed by atoms with Crippen LogP contribution in [0, 0.1) is 5.92 Å². The summed E-state index contributed by atoms with van der Waals surface area (Å²) in [5.74, 6) is 0.657. The molecule has 2 rings (SSSR count). The first kappa shape index (κ1) is 11.7. The third-order valence-corrected chi connectivity index (χ3v) is 3.74. The molecule has 92 valence electrons. The minimum absolute atomic E-state index is 0.235. The number of carbonyl (C=O) groups excluding carboxylic acids is 1. The maximum atomic E-state index is 12.2. The van der Waals surface area contributed by atoms with Crippen LogP contribution in [0.3, 0.4) is 0 Å². The molecule has 2 saturated heterocycles. The zero-order chi connectivity index (χ0) is 11.5. The van der Waals surface area contributed by atoms with Crippen molar-refractivity contribution in [2.75, 3.05) is 26.2 Å². The van der Waals surface area contributed by atoms with Crippen LogP contribution < -0.4 is 5.73 Å². The van der Waals surface area contributed by atoms with Gasteiger partial charge in [0, 0.05) is 32.2 Å². The maximum absolute atomic E-state index is 12.2. The van der Waals surface area contributed by atoms with Gasteiger partial charge in [-0.2, -0.15) is 0 Å². The summed E-state index contributed by atoms with van der Waals surface area (Å²) in [7, 11) is 0. The Morgan fingerprint density at radius 1 is 1.12 bits per heavy atom. The van der Waals surface area contributed by atoms with Crippen LogP contribution in [0.5, 0.6) is 0 Å². The fourth-order valence-corrected chi connectivity index (χ4v) is 2.65. The monoisotopic (exact) mass is 225 g/mol. The lowest BCUT2D eigenvalue weighted by molar-refractivity contribution is 0.121. The Labute approximate surface area is 97.8 Å². The van der Waals surface area contributed by atoms with Crippen LogP contribution in [0.2, 0.25) is 0 Å². The molecule has 16 heavy (non-hydrogen) atoms. The number of likely N-dealkylation sites (tertiary alicyclic amines) is 2. The predicted octanol–water partition coefficient (Wildman–Crippen LogP) is 1.26. The molecule has 2 amide bonds. The third kappa shape index (κ3) is 2.67. The van der Waals surface area contributed by atoms with Gasteiger partial charge in [0.1, 0.15) is 0 Å². The summed E-state index contributed by atoms with van der Waals surface area (Å²) in [4.78, 5) is 16.2. The first-order valence-electron chi connectivity index (χ1n) is 6.46. The smallest absolute Gasteiger partial charge is 0.320 e. The van der Waals surface area contributed by atoms with Gasteiger partial charge in [-0.1, -0.05) is 6.92 Å². The van der Waals surface area contributed by atoms with E-state index in [2.05, 4.69) is 6.92 Å². The fourth-order valence-electron chi connectivity index (χ4n) is 2.65. The Hall–Kier alpha value is -0.770. The summed E-state index contributed by atoms with van der Waals surface area (Å²) in [6, 6.07) is 0.530. The molecule has 2 N–H and O–H groups in total. The van der Waals surface area contributed by atoms with Gasteiger partial charge in [0.05, 0.1) is 0 Å². The SMILES string of the molecule is C[C@@H]1CCCN(C(=O)N2CCC(N)CC2)C1. The van der Waals surface area contributed by atoms with E-state index in [9.17, 15) is 4.79 Å². The second-order valence-electron chi connectivity index (χ2n) is 5.30. The Balaban J connectivity index is 1.86. The summed E-state index contributed by atoms with van der Waals surface area (Å²) in [6.07, 6.45) is 4.32. The van der Waals surface area contributed by atoms with E-state index < -0.39 is 0 Å². The summed E-state index contributed by atoms with van der Waals surface area (Å²) < 4.78 is 0. The van der Waals surface area contributed by atoms with Crippen molar-refractivity contribution in [2.24, 2.45) is 11.7 Å². The first-order chi connectivity index (χ1) is 7.66. The normalized spacial score (nSPS) is 28.2. The third-order valence-electron chi connectivity index (χ3n) is 3.74. The number of hydrogen-bond donors (Lipinski definition) is 1. The summed E-state index contributed by atoms with van der Waals surface area (Å²) >= 11 is 0. The van der Waals surface area contributed by atoms with Gasteiger partial charge in [-0.05, 0) is 31.6 Å². The molecule has 0 aromatic heterocycles. The maximum Gasteiger partial charge on any atom is 0.320 e. The Morgan fingerprint density at radius 3 is 2.44 bits per heavy atom. The average Bonchev–Trinajstić information content (AvgIpc) is 2.29. The zero-order valence-corrected chi connectivity index (χ0v) is 10.2. The summed E-state index contributed by atoms with van der Waals surface area (Å²) in [6.45, 7) is 5.77. The van der Waals surface area contributed by atoms with Crippen molar-refractivity contribution in [1.29, 1.82) is 0 Å². The quantitative estimate of drug-likeness (QED) is 0.675. The highest BCUT2D eigenvalue weighted by molar-refractivity contribution is 5.74. The number of carbonyl (C=O) groups is 1. The molecule has 2 aliphatic rings. The number of urea groups is 1. The second kappa shape index (κ2) is 5.04. The first-order valence-corrected chi connectivity index (χ1v) is 6.46. The average molecular weight is 225 g/mol. The molecule has 0 saturated carbocycles. The zero-order valence-electron chi connectivity index (χ0n) is 10.2. The number of nitrogens with zero attached hydrogens (tertiary/aromatic N) is 2. The molecular weight excluding hydrogens is 202 g/mol. The van der Waals surface area contributed by atoms with Gasteiger partial charge in [0.2, 0.25) is 0 Å². The molecule has 2 aliphatic heterocycles. The number of amides is 2. The van der Waals surface area contributed by atoms with Crippen molar-refractivity contribution < 1.29 is 4.79 Å². The van der Waals surface area contributed by atoms with E-state index in [0.717, 1.165) is 45.4 Å². The molecule has 4 nitrogen and oxygen atoms in total. The van der Waals surface area contributed by atoms with E-state index in [-0.39, 0.29) is 6.03 Å². The topological polar surface area (TPSA) is 49.6 Å². The molecule has 0 unspecified atom stereocenters. The van der Waals surface area contributed by atoms with Crippen LogP contribution in [-0.2, 0) is 0 Å². The van der Waals surface area contributed by atoms with Gasteiger partial charge in [0.15, 0.2) is 0 Å². The molecule has 0 bridgehead atoms. The van der Waals surface area contributed by atoms with Crippen molar-refractivity contribution in [3.63, 3.8) is 0 Å². The van der Waals surface area contributed by atoms with Crippen LogP contribution in [-0.4, -0.2) is 48.1 Å². The van der Waals surface area contributed by atoms with Crippen molar-refractivity contribution >= 4 is 6.03 Å². The molecule has 0 spiro atoms. The van der Waals surface area contributed by atoms with Crippen LogP contribution >= 0.6 is 0 Å². The predicted molar refractivity (Wildman–Crippen MR) is 64.1 cm³/mol. The number of hydrogen-bond acceptors (Lipinski definition) is 2. The molecule has 0 radical (unpaired) electrons. The number of piperidine rings is 2. The van der Waals surface area contributed by atoms with E-state index >= 15 is 0 Å². The Bertz CT molecular complexity index is 249. The van der Waals surface area contributed by atoms with E-state index in [1.807, 2.05) is 9.80 Å². The molecule has 2 fully saturated rings. The lowest BCUT2D eigenvalue weighted by atomic mass is 10.0. The van der Waals surface area contributed by atoms with Crippen LogP contribution in [0.1, 0.15) is 32.6 Å². The van der Waals surface area contributed by atoms with Gasteiger partial charge in [-0.15, -0.1) is 0 Å². The number of nitrogens with two attached hydrogens (primary N) is 1. The molecule has 0 aromatic carbocycles. The van der Waals surface area contributed by atoms with E-state index in [4.69, 9.17) is 5.73 Å². The number of rotatable bonds is 0. The van der Waals surface area contributed by atoms with Gasteiger partial charge in [-0.25, -0.2) is 4.79 Å². The second-order valence-corrected chi connectivity index (χ2v) is 5.30. The largest absolute Gasteiger partial charge is 0.328 e. The van der Waals surface area contributed by atoms with E-state index in [0.29, 0.717) is 12.0 Å². The van der Waals surface area contributed by atoms with Gasteiger partial charge < -0.3 is 15.5 Å². The van der Waals surface area contributed by atoms with E-state index in [1.54, 1.807) is 0 Å². The Morgan fingerprint density at radius 2 is 1.81 bits per heavy atom. The van der Waals surface area contributed by atoms with Crippen LogP contribution in [0.15, 0.2) is 0 Å². The lowest BCUT2D eigenvalue weighted by Gasteiger charge is -2.38. The van der Waals surface area contributed by atoms with E-state index in [1.165, 1.54) is 6.42 Å². The molecule has 2 heterocycles. The van der Waals surface area contributed by atoms with Crippen molar-refractivity contribution in [3.05, 3.63) is 0 Å². The highest BCUT2D eigenvalue weighted by Gasteiger charge is 2.27. The summed E-state index contributed by atoms with van der Waals surface area (Å²) in [5.41, 5.74) is 5.85. The van der Waals surface area contributed by atoms with Gasteiger partial charge in [-0.3, -0.25) is 0 Å².